The summed E-state index contributed by atoms with van der Waals surface area (Å²) in [6, 6.07) is 16.1. The summed E-state index contributed by atoms with van der Waals surface area (Å²) in [5.74, 6) is -0.0356. The van der Waals surface area contributed by atoms with Crippen molar-refractivity contribution in [2.24, 2.45) is 5.73 Å². The number of rotatable bonds is 6. The van der Waals surface area contributed by atoms with Gasteiger partial charge in [0.05, 0.1) is 16.1 Å². The van der Waals surface area contributed by atoms with Gasteiger partial charge in [-0.25, -0.2) is 0 Å². The molecule has 0 aliphatic carbocycles. The summed E-state index contributed by atoms with van der Waals surface area (Å²) >= 11 is 9.34. The van der Waals surface area contributed by atoms with Crippen molar-refractivity contribution in [1.29, 1.82) is 0 Å². The predicted molar refractivity (Wildman–Crippen MR) is 108 cm³/mol. The lowest BCUT2D eigenvalue weighted by Gasteiger charge is -2.10. The maximum absolute atomic E-state index is 12.7. The number of thiophene rings is 1. The molecule has 1 heterocycles. The Morgan fingerprint density at radius 1 is 1.08 bits per heavy atom. The number of hydrogen-bond donors (Lipinski definition) is 2. The van der Waals surface area contributed by atoms with Crippen molar-refractivity contribution in [2.75, 3.05) is 5.32 Å². The van der Waals surface area contributed by atoms with E-state index in [2.05, 4.69) is 11.4 Å². The van der Waals surface area contributed by atoms with E-state index >= 15 is 0 Å². The first-order valence-electron chi connectivity index (χ1n) is 7.69. The van der Waals surface area contributed by atoms with Crippen molar-refractivity contribution in [3.05, 3.63) is 81.0 Å². The van der Waals surface area contributed by atoms with Crippen molar-refractivity contribution in [3.63, 3.8) is 0 Å². The zero-order valence-corrected chi connectivity index (χ0v) is 16.0. The monoisotopic (exact) mass is 402 g/mol. The third-order valence-electron chi connectivity index (χ3n) is 3.57. The van der Waals surface area contributed by atoms with Gasteiger partial charge in [-0.3, -0.25) is 9.59 Å². The Kier molecular flexibility index (Phi) is 5.98. The Morgan fingerprint density at radius 2 is 1.88 bits per heavy atom. The molecule has 132 valence electrons. The van der Waals surface area contributed by atoms with Gasteiger partial charge in [-0.1, -0.05) is 29.8 Å². The van der Waals surface area contributed by atoms with Crippen LogP contribution in [0.25, 0.3) is 0 Å². The molecule has 0 bridgehead atoms. The van der Waals surface area contributed by atoms with E-state index in [-0.39, 0.29) is 16.5 Å². The first-order chi connectivity index (χ1) is 12.5. The van der Waals surface area contributed by atoms with Crippen molar-refractivity contribution in [3.8, 4) is 0 Å². The smallest absolute Gasteiger partial charge is 0.256 e. The lowest BCUT2D eigenvalue weighted by Crippen LogP contribution is -2.14. The number of thioether (sulfide) groups is 1. The Balaban J connectivity index is 1.75. The van der Waals surface area contributed by atoms with E-state index in [1.54, 1.807) is 35.2 Å². The van der Waals surface area contributed by atoms with Crippen LogP contribution in [0.1, 0.15) is 25.6 Å². The largest absolute Gasteiger partial charge is 0.366 e. The number of hydrogen-bond acceptors (Lipinski definition) is 4. The number of nitrogens with one attached hydrogen (secondary N) is 1. The van der Waals surface area contributed by atoms with Crippen LogP contribution < -0.4 is 11.1 Å². The molecule has 7 heteroatoms. The molecule has 0 atom stereocenters. The second kappa shape index (κ2) is 8.40. The van der Waals surface area contributed by atoms with Gasteiger partial charge in [0.2, 0.25) is 5.91 Å². The molecule has 0 saturated carbocycles. The number of anilines is 1. The third-order valence-corrected chi connectivity index (χ3v) is 6.07. The van der Waals surface area contributed by atoms with Crippen LogP contribution in [0.15, 0.2) is 64.9 Å². The maximum atomic E-state index is 12.7. The molecular formula is C19H15ClN2O2S2. The van der Waals surface area contributed by atoms with Crippen molar-refractivity contribution < 1.29 is 9.59 Å². The lowest BCUT2D eigenvalue weighted by atomic mass is 10.1. The number of benzene rings is 2. The first-order valence-corrected chi connectivity index (χ1v) is 9.94. The summed E-state index contributed by atoms with van der Waals surface area (Å²) in [5, 5.41) is 5.05. The minimum atomic E-state index is -0.608. The van der Waals surface area contributed by atoms with E-state index in [9.17, 15) is 9.59 Å². The molecule has 26 heavy (non-hydrogen) atoms. The fraction of sp³-hybridized carbons (Fsp3) is 0.0526. The van der Waals surface area contributed by atoms with Gasteiger partial charge in [0.1, 0.15) is 0 Å². The van der Waals surface area contributed by atoms with Crippen LogP contribution >= 0.6 is 34.7 Å². The molecule has 0 radical (unpaired) electrons. The molecule has 3 N–H and O–H groups in total. The average Bonchev–Trinajstić information content (AvgIpc) is 3.13. The van der Waals surface area contributed by atoms with Gasteiger partial charge in [-0.2, -0.15) is 0 Å². The van der Waals surface area contributed by atoms with E-state index in [0.717, 1.165) is 10.6 Å². The second-order valence-electron chi connectivity index (χ2n) is 5.38. The SMILES string of the molecule is NC(=O)c1ccc(NC(=O)c2ccccc2SCc2cccs2)cc1Cl. The van der Waals surface area contributed by atoms with Gasteiger partial charge in [0, 0.05) is 21.2 Å². The van der Waals surface area contributed by atoms with Gasteiger partial charge < -0.3 is 11.1 Å². The van der Waals surface area contributed by atoms with E-state index in [1.807, 2.05) is 29.6 Å². The predicted octanol–water partition coefficient (Wildman–Crippen LogP) is 5.05. The number of primary amides is 1. The Bertz CT molecular complexity index is 942. The average molecular weight is 403 g/mol. The van der Waals surface area contributed by atoms with Crippen LogP contribution in [0.5, 0.6) is 0 Å². The number of nitrogens with two attached hydrogens (primary N) is 1. The van der Waals surface area contributed by atoms with Crippen molar-refractivity contribution in [1.82, 2.24) is 0 Å². The van der Waals surface area contributed by atoms with E-state index < -0.39 is 5.91 Å². The molecule has 3 aromatic rings. The van der Waals surface area contributed by atoms with E-state index in [1.165, 1.54) is 17.0 Å². The summed E-state index contributed by atoms with van der Waals surface area (Å²) < 4.78 is 0. The fourth-order valence-electron chi connectivity index (χ4n) is 2.31. The van der Waals surface area contributed by atoms with Crippen LogP contribution in [-0.2, 0) is 5.75 Å². The number of amides is 2. The normalized spacial score (nSPS) is 10.5. The molecule has 2 amide bonds. The molecule has 0 spiro atoms. The summed E-state index contributed by atoms with van der Waals surface area (Å²) in [4.78, 5) is 26.1. The summed E-state index contributed by atoms with van der Waals surface area (Å²) in [6.07, 6.45) is 0. The fourth-order valence-corrected chi connectivity index (χ4v) is 4.41. The molecule has 1 aromatic heterocycles. The quantitative estimate of drug-likeness (QED) is 0.567. The topological polar surface area (TPSA) is 72.2 Å². The Labute approximate surface area is 164 Å². The van der Waals surface area contributed by atoms with Gasteiger partial charge in [-0.05, 0) is 41.8 Å². The molecule has 3 rings (SSSR count). The number of carbonyl (C=O) groups is 2. The Hall–Kier alpha value is -2.28. The standard InChI is InChI=1S/C19H15ClN2O2S2/c20-16-10-12(7-8-14(16)18(21)23)22-19(24)15-5-1-2-6-17(15)26-11-13-4-3-9-25-13/h1-10H,11H2,(H2,21,23)(H,22,24). The highest BCUT2D eigenvalue weighted by Gasteiger charge is 2.13. The summed E-state index contributed by atoms with van der Waals surface area (Å²) in [5.41, 5.74) is 6.55. The van der Waals surface area contributed by atoms with Gasteiger partial charge in [0.15, 0.2) is 0 Å². The van der Waals surface area contributed by atoms with Gasteiger partial charge in [0.25, 0.3) is 5.91 Å². The minimum absolute atomic E-state index is 0.204. The molecule has 4 nitrogen and oxygen atoms in total. The van der Waals surface area contributed by atoms with Crippen LogP contribution in [0.3, 0.4) is 0 Å². The molecule has 0 saturated heterocycles. The zero-order chi connectivity index (χ0) is 18.5. The second-order valence-corrected chi connectivity index (χ2v) is 7.83. The van der Waals surface area contributed by atoms with Crippen LogP contribution in [0.2, 0.25) is 5.02 Å². The zero-order valence-electron chi connectivity index (χ0n) is 13.6. The van der Waals surface area contributed by atoms with E-state index in [4.69, 9.17) is 17.3 Å². The minimum Gasteiger partial charge on any atom is -0.366 e. The van der Waals surface area contributed by atoms with E-state index in [0.29, 0.717) is 11.3 Å². The number of halogens is 1. The molecule has 0 aliphatic rings. The van der Waals surface area contributed by atoms with Crippen LogP contribution in [-0.4, -0.2) is 11.8 Å². The molecular weight excluding hydrogens is 388 g/mol. The molecule has 0 aliphatic heterocycles. The van der Waals surface area contributed by atoms with Crippen LogP contribution in [0.4, 0.5) is 5.69 Å². The highest BCUT2D eigenvalue weighted by molar-refractivity contribution is 7.98. The van der Waals surface area contributed by atoms with Crippen molar-refractivity contribution >= 4 is 52.2 Å². The number of carbonyl (C=O) groups excluding carboxylic acids is 2. The van der Waals surface area contributed by atoms with Gasteiger partial charge >= 0.3 is 0 Å². The van der Waals surface area contributed by atoms with Gasteiger partial charge in [-0.15, -0.1) is 23.1 Å². The lowest BCUT2D eigenvalue weighted by molar-refractivity contribution is 0.0998. The molecule has 0 fully saturated rings. The highest BCUT2D eigenvalue weighted by atomic mass is 35.5. The maximum Gasteiger partial charge on any atom is 0.256 e. The summed E-state index contributed by atoms with van der Waals surface area (Å²) in [6.45, 7) is 0. The molecule has 2 aromatic carbocycles. The highest BCUT2D eigenvalue weighted by Crippen LogP contribution is 2.29. The Morgan fingerprint density at radius 3 is 2.58 bits per heavy atom. The first kappa shape index (κ1) is 18.5. The third kappa shape index (κ3) is 4.46. The summed E-state index contributed by atoms with van der Waals surface area (Å²) in [7, 11) is 0. The van der Waals surface area contributed by atoms with Crippen molar-refractivity contribution in [2.45, 2.75) is 10.6 Å². The van der Waals surface area contributed by atoms with Crippen LogP contribution in [0, 0.1) is 0 Å². The molecule has 0 unspecified atom stereocenters.